The third kappa shape index (κ3) is 3.13. The molecule has 0 aliphatic carbocycles. The highest BCUT2D eigenvalue weighted by Crippen LogP contribution is 2.36. The van der Waals surface area contributed by atoms with Gasteiger partial charge in [0.25, 0.3) is 0 Å². The molecule has 19 heavy (non-hydrogen) atoms. The second-order valence-corrected chi connectivity index (χ2v) is 6.63. The van der Waals surface area contributed by atoms with Gasteiger partial charge in [-0.15, -0.1) is 0 Å². The minimum absolute atomic E-state index is 0.0255. The average Bonchev–Trinajstić information content (AvgIpc) is 2.95. The Hall–Kier alpha value is -0.140. The topological polar surface area (TPSA) is 54.0 Å². The van der Waals surface area contributed by atoms with E-state index in [0.29, 0.717) is 13.2 Å². The maximum absolute atomic E-state index is 11.2. The zero-order valence-electron chi connectivity index (χ0n) is 11.1. The zero-order chi connectivity index (χ0) is 13.2. The Balaban J connectivity index is 1.54. The minimum Gasteiger partial charge on any atom is -0.371 e. The third-order valence-electron chi connectivity index (χ3n) is 3.74. The van der Waals surface area contributed by atoms with E-state index < -0.39 is 0 Å². The Bertz CT molecular complexity index is 331. The molecule has 0 aromatic rings. The van der Waals surface area contributed by atoms with Gasteiger partial charge in [-0.3, -0.25) is 4.79 Å². The number of carbonyl (C=O) groups excluding carboxylic acids is 1. The molecule has 0 saturated carbocycles. The molecule has 0 N–H and O–H groups in total. The van der Waals surface area contributed by atoms with E-state index in [0.717, 1.165) is 25.9 Å². The Morgan fingerprint density at radius 3 is 2.74 bits per heavy atom. The molecular formula is C13H20O5S. The maximum Gasteiger partial charge on any atom is 0.186 e. The van der Waals surface area contributed by atoms with Crippen molar-refractivity contribution < 1.29 is 23.7 Å². The Morgan fingerprint density at radius 2 is 2.00 bits per heavy atom. The van der Waals surface area contributed by atoms with Crippen molar-refractivity contribution in [1.29, 1.82) is 0 Å². The number of ether oxygens (including phenoxy) is 4. The van der Waals surface area contributed by atoms with Crippen LogP contribution in [0.2, 0.25) is 0 Å². The van der Waals surface area contributed by atoms with Gasteiger partial charge in [-0.05, 0) is 19.3 Å². The van der Waals surface area contributed by atoms with Crippen LogP contribution in [-0.2, 0) is 23.7 Å². The first-order valence-electron chi connectivity index (χ1n) is 6.91. The van der Waals surface area contributed by atoms with E-state index >= 15 is 0 Å². The lowest BCUT2D eigenvalue weighted by Crippen LogP contribution is -2.36. The van der Waals surface area contributed by atoms with E-state index in [1.54, 1.807) is 6.92 Å². The summed E-state index contributed by atoms with van der Waals surface area (Å²) in [6.45, 7) is 3.45. The summed E-state index contributed by atoms with van der Waals surface area (Å²) in [5.74, 6) is 0. The number of hydrogen-bond acceptors (Lipinski definition) is 6. The Kier molecular flexibility index (Phi) is 4.44. The van der Waals surface area contributed by atoms with Gasteiger partial charge < -0.3 is 18.9 Å². The fourth-order valence-corrected chi connectivity index (χ4v) is 3.81. The van der Waals surface area contributed by atoms with Crippen molar-refractivity contribution in [3.63, 3.8) is 0 Å². The highest BCUT2D eigenvalue weighted by atomic mass is 32.2. The Morgan fingerprint density at radius 1 is 1.16 bits per heavy atom. The molecule has 0 aromatic heterocycles. The largest absolute Gasteiger partial charge is 0.371 e. The molecule has 3 aliphatic rings. The molecule has 3 aliphatic heterocycles. The highest BCUT2D eigenvalue weighted by Gasteiger charge is 2.49. The van der Waals surface area contributed by atoms with E-state index in [1.807, 2.05) is 0 Å². The van der Waals surface area contributed by atoms with Crippen LogP contribution in [0.3, 0.4) is 0 Å². The first-order valence-corrected chi connectivity index (χ1v) is 7.79. The van der Waals surface area contributed by atoms with E-state index in [9.17, 15) is 4.79 Å². The summed E-state index contributed by atoms with van der Waals surface area (Å²) in [7, 11) is 0. The molecule has 6 heteroatoms. The van der Waals surface area contributed by atoms with Gasteiger partial charge in [0.15, 0.2) is 11.4 Å². The van der Waals surface area contributed by atoms with Crippen LogP contribution < -0.4 is 0 Å². The Labute approximate surface area is 117 Å². The summed E-state index contributed by atoms with van der Waals surface area (Å²) >= 11 is 1.31. The van der Waals surface area contributed by atoms with Gasteiger partial charge in [0.05, 0.1) is 18.5 Å². The first-order chi connectivity index (χ1) is 9.24. The molecule has 0 amide bonds. The van der Waals surface area contributed by atoms with Crippen LogP contribution in [0.1, 0.15) is 26.2 Å². The van der Waals surface area contributed by atoms with Gasteiger partial charge in [-0.25, -0.2) is 0 Å². The summed E-state index contributed by atoms with van der Waals surface area (Å²) in [5.41, 5.74) is 0. The summed E-state index contributed by atoms with van der Waals surface area (Å²) in [6, 6.07) is 0. The molecule has 1 unspecified atom stereocenters. The number of fused-ring (bicyclic) bond motifs is 1. The van der Waals surface area contributed by atoms with Gasteiger partial charge in [-0.1, -0.05) is 11.8 Å². The van der Waals surface area contributed by atoms with Crippen molar-refractivity contribution in [3.8, 4) is 0 Å². The van der Waals surface area contributed by atoms with Crippen LogP contribution in [0.4, 0.5) is 0 Å². The predicted molar refractivity (Wildman–Crippen MR) is 70.0 cm³/mol. The zero-order valence-corrected chi connectivity index (χ0v) is 11.9. The van der Waals surface area contributed by atoms with Crippen LogP contribution in [0, 0.1) is 0 Å². The number of hydrogen-bond donors (Lipinski definition) is 0. The van der Waals surface area contributed by atoms with Crippen molar-refractivity contribution in [3.05, 3.63) is 0 Å². The number of rotatable bonds is 3. The predicted octanol–water partition coefficient (Wildman–Crippen LogP) is 1.34. The van der Waals surface area contributed by atoms with E-state index in [4.69, 9.17) is 18.9 Å². The average molecular weight is 288 g/mol. The molecule has 108 valence electrons. The highest BCUT2D eigenvalue weighted by molar-refractivity contribution is 8.14. The summed E-state index contributed by atoms with van der Waals surface area (Å²) in [4.78, 5) is 11.2. The van der Waals surface area contributed by atoms with Crippen LogP contribution in [0.25, 0.3) is 0 Å². The van der Waals surface area contributed by atoms with Crippen LogP contribution in [0.5, 0.6) is 0 Å². The summed E-state index contributed by atoms with van der Waals surface area (Å²) in [6.07, 6.45) is 2.94. The van der Waals surface area contributed by atoms with Gasteiger partial charge in [0.2, 0.25) is 0 Å². The molecule has 3 fully saturated rings. The molecule has 3 saturated heterocycles. The lowest BCUT2D eigenvalue weighted by molar-refractivity contribution is -0.201. The van der Waals surface area contributed by atoms with Crippen LogP contribution in [-0.4, -0.2) is 54.8 Å². The smallest absolute Gasteiger partial charge is 0.186 e. The van der Waals surface area contributed by atoms with Crippen molar-refractivity contribution in [2.75, 3.05) is 19.8 Å². The number of thioether (sulfide) groups is 1. The van der Waals surface area contributed by atoms with Crippen molar-refractivity contribution in [2.45, 2.75) is 56.0 Å². The molecule has 0 spiro atoms. The SMILES string of the molecule is CC(=O)S[C@@H]1CO[C@H]2[C@@H]1OC[C@@H]2OC1CCCCO1. The quantitative estimate of drug-likeness (QED) is 0.781. The van der Waals surface area contributed by atoms with Crippen molar-refractivity contribution >= 4 is 16.9 Å². The molecule has 3 rings (SSSR count). The molecule has 0 bridgehead atoms. The van der Waals surface area contributed by atoms with Crippen molar-refractivity contribution in [2.24, 2.45) is 0 Å². The van der Waals surface area contributed by atoms with Crippen LogP contribution >= 0.6 is 11.8 Å². The van der Waals surface area contributed by atoms with E-state index in [2.05, 4.69) is 0 Å². The maximum atomic E-state index is 11.2. The first kappa shape index (κ1) is 13.8. The fourth-order valence-electron chi connectivity index (χ4n) is 2.87. The van der Waals surface area contributed by atoms with Gasteiger partial charge in [0, 0.05) is 13.5 Å². The van der Waals surface area contributed by atoms with Crippen LogP contribution in [0.15, 0.2) is 0 Å². The summed E-state index contributed by atoms with van der Waals surface area (Å²) < 4.78 is 23.1. The molecule has 0 aromatic carbocycles. The second kappa shape index (κ2) is 6.10. The molecule has 0 radical (unpaired) electrons. The van der Waals surface area contributed by atoms with Crippen molar-refractivity contribution in [1.82, 2.24) is 0 Å². The fraction of sp³-hybridized carbons (Fsp3) is 0.923. The summed E-state index contributed by atoms with van der Waals surface area (Å²) in [5, 5.41) is 0.209. The van der Waals surface area contributed by atoms with Gasteiger partial charge in [0.1, 0.15) is 18.3 Å². The second-order valence-electron chi connectivity index (χ2n) is 5.21. The van der Waals surface area contributed by atoms with E-state index in [-0.39, 0.29) is 35.0 Å². The van der Waals surface area contributed by atoms with Gasteiger partial charge >= 0.3 is 0 Å². The lowest BCUT2D eigenvalue weighted by atomic mass is 10.1. The number of carbonyl (C=O) groups is 1. The normalized spacial score (nSPS) is 42.3. The molecular weight excluding hydrogens is 268 g/mol. The van der Waals surface area contributed by atoms with Gasteiger partial charge in [-0.2, -0.15) is 0 Å². The molecule has 3 heterocycles. The minimum atomic E-state index is -0.121. The third-order valence-corrected chi connectivity index (χ3v) is 4.78. The lowest BCUT2D eigenvalue weighted by Gasteiger charge is -2.27. The molecule has 5 nitrogen and oxygen atoms in total. The van der Waals surface area contributed by atoms with E-state index in [1.165, 1.54) is 11.8 Å². The molecule has 5 atom stereocenters. The standard InChI is InChI=1S/C13H20O5S/c1-8(14)19-10-7-17-12-9(6-16-13(10)12)18-11-4-2-3-5-15-11/h9-13H,2-7H2,1H3/t9-,10+,11?,12+,13+/m0/s1. The monoisotopic (exact) mass is 288 g/mol.